The van der Waals surface area contributed by atoms with Crippen molar-refractivity contribution in [2.24, 2.45) is 11.8 Å². The van der Waals surface area contributed by atoms with Crippen molar-refractivity contribution in [1.82, 2.24) is 9.88 Å². The van der Waals surface area contributed by atoms with Gasteiger partial charge in [-0.3, -0.25) is 4.90 Å². The Morgan fingerprint density at radius 1 is 1.21 bits per heavy atom. The van der Waals surface area contributed by atoms with Crippen LogP contribution < -0.4 is 9.64 Å². The molecule has 1 unspecified atom stereocenters. The molecule has 2 bridgehead atoms. The molecular weight excluding hydrogens is 362 g/mol. The molecule has 156 valence electrons. The van der Waals surface area contributed by atoms with Crippen LogP contribution in [0.3, 0.4) is 0 Å². The zero-order valence-electron chi connectivity index (χ0n) is 17.7. The summed E-state index contributed by atoms with van der Waals surface area (Å²) < 4.78 is 5.48. The summed E-state index contributed by atoms with van der Waals surface area (Å²) in [5, 5.41) is 12.6. The third kappa shape index (κ3) is 3.38. The van der Waals surface area contributed by atoms with Gasteiger partial charge in [0.05, 0.1) is 18.7 Å². The molecule has 4 fully saturated rings. The number of hydrogen-bond acceptors (Lipinski definition) is 5. The molecule has 5 heteroatoms. The zero-order chi connectivity index (χ0) is 20.0. The van der Waals surface area contributed by atoms with Crippen LogP contribution in [0.1, 0.15) is 50.7 Å². The lowest BCUT2D eigenvalue weighted by Crippen LogP contribution is -2.55. The largest absolute Gasteiger partial charge is 0.497 e. The van der Waals surface area contributed by atoms with Gasteiger partial charge < -0.3 is 14.7 Å². The van der Waals surface area contributed by atoms with Gasteiger partial charge in [-0.2, -0.15) is 0 Å². The Labute approximate surface area is 173 Å². The third-order valence-corrected chi connectivity index (χ3v) is 7.61. The van der Waals surface area contributed by atoms with Gasteiger partial charge in [-0.05, 0) is 73.9 Å². The predicted octanol–water partition coefficient (Wildman–Crippen LogP) is 4.00. The summed E-state index contributed by atoms with van der Waals surface area (Å²) in [4.78, 5) is 9.84. The van der Waals surface area contributed by atoms with Gasteiger partial charge in [0, 0.05) is 31.1 Å². The van der Waals surface area contributed by atoms with E-state index >= 15 is 0 Å². The van der Waals surface area contributed by atoms with Crippen LogP contribution in [-0.2, 0) is 0 Å². The molecule has 0 radical (unpaired) electrons. The number of rotatable bonds is 5. The number of methoxy groups -OCH3 is 1. The second kappa shape index (κ2) is 7.77. The van der Waals surface area contributed by atoms with Gasteiger partial charge >= 0.3 is 0 Å². The lowest BCUT2D eigenvalue weighted by molar-refractivity contribution is -0.0562. The van der Waals surface area contributed by atoms with E-state index in [4.69, 9.17) is 9.72 Å². The minimum atomic E-state index is -0.491. The van der Waals surface area contributed by atoms with E-state index in [1.54, 1.807) is 7.11 Å². The highest BCUT2D eigenvalue weighted by atomic mass is 16.5. The van der Waals surface area contributed by atoms with E-state index in [1.807, 2.05) is 18.2 Å². The van der Waals surface area contributed by atoms with Crippen LogP contribution in [0.5, 0.6) is 5.75 Å². The lowest BCUT2D eigenvalue weighted by Gasteiger charge is -2.51. The van der Waals surface area contributed by atoms with Crippen molar-refractivity contribution in [3.8, 4) is 5.75 Å². The molecule has 5 atom stereocenters. The van der Waals surface area contributed by atoms with Crippen molar-refractivity contribution in [2.75, 3.05) is 38.2 Å². The Balaban J connectivity index is 1.55. The van der Waals surface area contributed by atoms with Crippen LogP contribution in [0.25, 0.3) is 10.9 Å². The van der Waals surface area contributed by atoms with Gasteiger partial charge in [-0.25, -0.2) is 4.98 Å². The fourth-order valence-electron chi connectivity index (χ4n) is 5.87. The number of anilines is 1. The standard InChI is InChI=1S/C24H33N3O2/c1-3-16-15-27-11-8-17(16)12-22(27)24(28)20-14-23(26-9-4-5-10-26)25-21-7-6-18(29-2)13-19(20)21/h6-7,13-14,16-17,22,24,28H,3-5,8-12,15H2,1-2H3/t16-,17+,22-,24+/m0/s1. The molecule has 29 heavy (non-hydrogen) atoms. The number of hydrogen-bond donors (Lipinski definition) is 1. The first-order valence-electron chi connectivity index (χ1n) is 11.3. The van der Waals surface area contributed by atoms with Gasteiger partial charge in [0.1, 0.15) is 11.6 Å². The van der Waals surface area contributed by atoms with E-state index in [2.05, 4.69) is 22.8 Å². The van der Waals surface area contributed by atoms with Gasteiger partial charge in [-0.1, -0.05) is 13.3 Å². The van der Waals surface area contributed by atoms with Gasteiger partial charge in [-0.15, -0.1) is 0 Å². The maximum Gasteiger partial charge on any atom is 0.129 e. The monoisotopic (exact) mass is 395 g/mol. The molecule has 0 spiro atoms. The number of aromatic nitrogens is 1. The minimum absolute atomic E-state index is 0.208. The van der Waals surface area contributed by atoms with Gasteiger partial charge in [0.2, 0.25) is 0 Å². The Kier molecular flexibility index (Phi) is 5.12. The average Bonchev–Trinajstić information content (AvgIpc) is 3.32. The molecule has 6 rings (SSSR count). The van der Waals surface area contributed by atoms with E-state index < -0.39 is 6.10 Å². The van der Waals surface area contributed by atoms with Gasteiger partial charge in [0.25, 0.3) is 0 Å². The van der Waals surface area contributed by atoms with E-state index in [-0.39, 0.29) is 6.04 Å². The average molecular weight is 396 g/mol. The van der Waals surface area contributed by atoms with Crippen LogP contribution in [0, 0.1) is 11.8 Å². The summed E-state index contributed by atoms with van der Waals surface area (Å²) in [5.41, 5.74) is 1.97. The maximum atomic E-state index is 11.6. The van der Waals surface area contributed by atoms with Crippen LogP contribution in [-0.4, -0.2) is 54.3 Å². The summed E-state index contributed by atoms with van der Waals surface area (Å²) >= 11 is 0. The highest BCUT2D eigenvalue weighted by Gasteiger charge is 2.42. The second-order valence-corrected chi connectivity index (χ2v) is 9.11. The number of aliphatic hydroxyl groups is 1. The minimum Gasteiger partial charge on any atom is -0.497 e. The molecule has 5 nitrogen and oxygen atoms in total. The van der Waals surface area contributed by atoms with E-state index in [0.29, 0.717) is 0 Å². The zero-order valence-corrected chi connectivity index (χ0v) is 17.7. The Morgan fingerprint density at radius 2 is 2.03 bits per heavy atom. The number of nitrogens with zero attached hydrogens (tertiary/aromatic N) is 3. The number of fused-ring (bicyclic) bond motifs is 4. The van der Waals surface area contributed by atoms with Crippen LogP contribution in [0.15, 0.2) is 24.3 Å². The number of benzene rings is 1. The Morgan fingerprint density at radius 3 is 2.72 bits per heavy atom. The van der Waals surface area contributed by atoms with Gasteiger partial charge in [0.15, 0.2) is 0 Å². The number of aliphatic hydroxyl groups excluding tert-OH is 1. The normalized spacial score (nSPS) is 30.1. The second-order valence-electron chi connectivity index (χ2n) is 9.11. The first kappa shape index (κ1) is 19.1. The molecular formula is C24H33N3O2. The molecule has 1 N–H and O–H groups in total. The van der Waals surface area contributed by atoms with Crippen molar-refractivity contribution < 1.29 is 9.84 Å². The SMILES string of the molecule is CC[C@H]1CN2CC[C@@H]1C[C@H]2[C@H](O)c1cc(N2CCCC2)nc2ccc(OC)cc12. The fourth-order valence-corrected chi connectivity index (χ4v) is 5.87. The van der Waals surface area contributed by atoms with Crippen molar-refractivity contribution in [3.63, 3.8) is 0 Å². The first-order chi connectivity index (χ1) is 14.2. The first-order valence-corrected chi connectivity index (χ1v) is 11.3. The summed E-state index contributed by atoms with van der Waals surface area (Å²) in [6.07, 6.45) is 5.58. The lowest BCUT2D eigenvalue weighted by atomic mass is 9.72. The molecule has 0 saturated carbocycles. The predicted molar refractivity (Wildman–Crippen MR) is 117 cm³/mol. The van der Waals surface area contributed by atoms with Crippen molar-refractivity contribution >= 4 is 16.7 Å². The number of ether oxygens (including phenoxy) is 1. The molecule has 4 aliphatic heterocycles. The van der Waals surface area contributed by atoms with Crippen LogP contribution >= 0.6 is 0 Å². The molecule has 1 aromatic heterocycles. The third-order valence-electron chi connectivity index (χ3n) is 7.61. The summed E-state index contributed by atoms with van der Waals surface area (Å²) in [5.74, 6) is 3.38. The van der Waals surface area contributed by atoms with E-state index in [1.165, 1.54) is 25.7 Å². The molecule has 4 saturated heterocycles. The van der Waals surface area contributed by atoms with Crippen LogP contribution in [0.2, 0.25) is 0 Å². The molecule has 1 aromatic carbocycles. The summed E-state index contributed by atoms with van der Waals surface area (Å²) in [6.45, 7) is 6.67. The van der Waals surface area contributed by atoms with Crippen LogP contribution in [0.4, 0.5) is 5.82 Å². The molecule has 4 aliphatic rings. The molecule has 0 aliphatic carbocycles. The quantitative estimate of drug-likeness (QED) is 0.829. The Bertz CT molecular complexity index is 880. The number of pyridine rings is 1. The smallest absolute Gasteiger partial charge is 0.129 e. The van der Waals surface area contributed by atoms with Crippen molar-refractivity contribution in [2.45, 2.75) is 51.2 Å². The highest BCUT2D eigenvalue weighted by Crippen LogP contribution is 2.43. The van der Waals surface area contributed by atoms with E-state index in [0.717, 1.165) is 72.5 Å². The Hall–Kier alpha value is -1.85. The van der Waals surface area contributed by atoms with Crippen molar-refractivity contribution in [1.29, 1.82) is 0 Å². The molecule has 2 aromatic rings. The summed E-state index contributed by atoms with van der Waals surface area (Å²) in [6, 6.07) is 8.40. The maximum absolute atomic E-state index is 11.6. The summed E-state index contributed by atoms with van der Waals surface area (Å²) in [7, 11) is 1.69. The molecule has 0 amide bonds. The molecule has 5 heterocycles. The van der Waals surface area contributed by atoms with Crippen molar-refractivity contribution in [3.05, 3.63) is 29.8 Å². The number of piperidine rings is 3. The van der Waals surface area contributed by atoms with E-state index in [9.17, 15) is 5.11 Å². The topological polar surface area (TPSA) is 48.8 Å². The highest BCUT2D eigenvalue weighted by molar-refractivity contribution is 5.86. The fraction of sp³-hybridized carbons (Fsp3) is 0.625.